The summed E-state index contributed by atoms with van der Waals surface area (Å²) in [6.07, 6.45) is 0.728. The summed E-state index contributed by atoms with van der Waals surface area (Å²) >= 11 is 5.78. The van der Waals surface area contributed by atoms with Crippen LogP contribution < -0.4 is 5.73 Å². The fraction of sp³-hybridized carbons (Fsp3) is 0.0556. The van der Waals surface area contributed by atoms with Gasteiger partial charge in [-0.05, 0) is 48.5 Å². The summed E-state index contributed by atoms with van der Waals surface area (Å²) in [6, 6.07) is 8.35. The number of sulfone groups is 1. The highest BCUT2D eigenvalue weighted by molar-refractivity contribution is 7.91. The van der Waals surface area contributed by atoms with Crippen LogP contribution in [0.1, 0.15) is 16.4 Å². The van der Waals surface area contributed by atoms with Crippen molar-refractivity contribution in [1.29, 1.82) is 0 Å². The van der Waals surface area contributed by atoms with Gasteiger partial charge in [-0.15, -0.1) is 0 Å². The summed E-state index contributed by atoms with van der Waals surface area (Å²) in [4.78, 5) is 3.30. The molecule has 27 heavy (non-hydrogen) atoms. The molecule has 1 aromatic heterocycles. The number of pyridine rings is 1. The Morgan fingerprint density at radius 3 is 2.22 bits per heavy atom. The van der Waals surface area contributed by atoms with Crippen LogP contribution in [0.2, 0.25) is 5.02 Å². The van der Waals surface area contributed by atoms with Crippen molar-refractivity contribution in [2.75, 3.05) is 5.73 Å². The fourth-order valence-corrected chi connectivity index (χ4v) is 4.59. The SMILES string of the molecule is Nc1cc(C(c2cc(F)ccc2F)S(=O)(=O)c2ccc(Cl)cc2)c(F)cn1. The molecule has 2 N–H and O–H groups in total. The zero-order valence-corrected chi connectivity index (χ0v) is 15.1. The van der Waals surface area contributed by atoms with E-state index in [-0.39, 0.29) is 15.7 Å². The lowest BCUT2D eigenvalue weighted by Gasteiger charge is -2.20. The number of nitrogens with zero attached hydrogens (tertiary/aromatic N) is 1. The first-order chi connectivity index (χ1) is 12.7. The van der Waals surface area contributed by atoms with E-state index < -0.39 is 43.7 Å². The predicted octanol–water partition coefficient (Wildman–Crippen LogP) is 4.30. The Morgan fingerprint density at radius 2 is 1.56 bits per heavy atom. The zero-order valence-electron chi connectivity index (χ0n) is 13.5. The number of hydrogen-bond acceptors (Lipinski definition) is 4. The Labute approximate surface area is 158 Å². The summed E-state index contributed by atoms with van der Waals surface area (Å²) in [7, 11) is -4.39. The molecular formula is C18H12ClF3N2O2S. The minimum atomic E-state index is -4.39. The Bertz CT molecular complexity index is 1050. The van der Waals surface area contributed by atoms with Gasteiger partial charge in [0.25, 0.3) is 0 Å². The van der Waals surface area contributed by atoms with Gasteiger partial charge in [-0.1, -0.05) is 11.6 Å². The minimum Gasteiger partial charge on any atom is -0.384 e. The van der Waals surface area contributed by atoms with Crippen LogP contribution in [0.15, 0.2) is 59.6 Å². The second-order valence-corrected chi connectivity index (χ2v) is 8.14. The Kier molecular flexibility index (Phi) is 5.12. The van der Waals surface area contributed by atoms with Crippen LogP contribution in [0.5, 0.6) is 0 Å². The Balaban J connectivity index is 2.32. The van der Waals surface area contributed by atoms with Crippen LogP contribution in [-0.2, 0) is 9.84 Å². The van der Waals surface area contributed by atoms with Crippen molar-refractivity contribution in [1.82, 2.24) is 4.98 Å². The molecule has 0 aliphatic rings. The van der Waals surface area contributed by atoms with Gasteiger partial charge in [0.1, 0.15) is 28.5 Å². The van der Waals surface area contributed by atoms with Crippen LogP contribution in [0.4, 0.5) is 19.0 Å². The predicted molar refractivity (Wildman–Crippen MR) is 95.4 cm³/mol. The second kappa shape index (κ2) is 7.21. The first-order valence-corrected chi connectivity index (χ1v) is 9.48. The molecule has 0 fully saturated rings. The molecule has 3 rings (SSSR count). The molecule has 1 unspecified atom stereocenters. The van der Waals surface area contributed by atoms with E-state index in [0.717, 1.165) is 24.4 Å². The van der Waals surface area contributed by atoms with Gasteiger partial charge in [0.2, 0.25) is 0 Å². The first-order valence-electron chi connectivity index (χ1n) is 7.55. The van der Waals surface area contributed by atoms with Crippen LogP contribution in [0.25, 0.3) is 0 Å². The van der Waals surface area contributed by atoms with Crippen LogP contribution in [0, 0.1) is 17.5 Å². The van der Waals surface area contributed by atoms with Gasteiger partial charge in [-0.25, -0.2) is 26.6 Å². The zero-order chi connectivity index (χ0) is 19.8. The van der Waals surface area contributed by atoms with Crippen molar-refractivity contribution in [3.05, 3.63) is 88.3 Å². The number of halogens is 4. The summed E-state index contributed by atoms with van der Waals surface area (Å²) < 4.78 is 69.0. The fourth-order valence-electron chi connectivity index (χ4n) is 2.65. The highest BCUT2D eigenvalue weighted by Gasteiger charge is 2.35. The van der Waals surface area contributed by atoms with E-state index in [4.69, 9.17) is 17.3 Å². The summed E-state index contributed by atoms with van der Waals surface area (Å²) in [6.45, 7) is 0. The van der Waals surface area contributed by atoms with E-state index in [1.54, 1.807) is 0 Å². The van der Waals surface area contributed by atoms with E-state index in [1.807, 2.05) is 0 Å². The lowest BCUT2D eigenvalue weighted by molar-refractivity contribution is 0.558. The van der Waals surface area contributed by atoms with Crippen LogP contribution in [-0.4, -0.2) is 13.4 Å². The maximum atomic E-state index is 14.4. The van der Waals surface area contributed by atoms with Crippen molar-refractivity contribution in [2.24, 2.45) is 0 Å². The van der Waals surface area contributed by atoms with Gasteiger partial charge in [0, 0.05) is 16.1 Å². The molecule has 2 aromatic carbocycles. The van der Waals surface area contributed by atoms with E-state index >= 15 is 0 Å². The Hall–Kier alpha value is -2.58. The number of nitrogens with two attached hydrogens (primary N) is 1. The molecule has 0 bridgehead atoms. The van der Waals surface area contributed by atoms with Gasteiger partial charge in [-0.3, -0.25) is 0 Å². The van der Waals surface area contributed by atoms with Crippen molar-refractivity contribution in [2.45, 2.75) is 10.1 Å². The van der Waals surface area contributed by atoms with Crippen molar-refractivity contribution >= 4 is 27.3 Å². The summed E-state index contributed by atoms with van der Waals surface area (Å²) in [5, 5.41) is -1.60. The minimum absolute atomic E-state index is 0.167. The van der Waals surface area contributed by atoms with E-state index in [0.29, 0.717) is 6.07 Å². The molecule has 1 heterocycles. The molecule has 0 aliphatic heterocycles. The Morgan fingerprint density at radius 1 is 0.926 bits per heavy atom. The highest BCUT2D eigenvalue weighted by Crippen LogP contribution is 2.38. The molecule has 9 heteroatoms. The first kappa shape index (κ1) is 19.2. The molecule has 0 amide bonds. The van der Waals surface area contributed by atoms with Gasteiger partial charge < -0.3 is 5.73 Å². The number of anilines is 1. The van der Waals surface area contributed by atoms with Crippen molar-refractivity contribution in [3.8, 4) is 0 Å². The third-order valence-corrected chi connectivity index (χ3v) is 6.19. The van der Waals surface area contributed by atoms with E-state index in [2.05, 4.69) is 4.98 Å². The van der Waals surface area contributed by atoms with Crippen molar-refractivity contribution in [3.63, 3.8) is 0 Å². The van der Waals surface area contributed by atoms with Gasteiger partial charge in [0.15, 0.2) is 9.84 Å². The lowest BCUT2D eigenvalue weighted by Crippen LogP contribution is -2.19. The summed E-state index contributed by atoms with van der Waals surface area (Å²) in [5.74, 6) is -3.06. The molecule has 3 aromatic rings. The van der Waals surface area contributed by atoms with E-state index in [1.165, 1.54) is 24.3 Å². The third-order valence-electron chi connectivity index (χ3n) is 3.88. The molecule has 140 valence electrons. The number of nitrogen functional groups attached to an aromatic ring is 1. The molecular weight excluding hydrogens is 401 g/mol. The van der Waals surface area contributed by atoms with Gasteiger partial charge in [0.05, 0.1) is 11.1 Å². The maximum Gasteiger partial charge on any atom is 0.189 e. The van der Waals surface area contributed by atoms with Crippen molar-refractivity contribution < 1.29 is 21.6 Å². The molecule has 0 saturated carbocycles. The summed E-state index contributed by atoms with van der Waals surface area (Å²) in [5.41, 5.74) is 4.57. The average Bonchev–Trinajstić information content (AvgIpc) is 2.61. The average molecular weight is 413 g/mol. The lowest BCUT2D eigenvalue weighted by atomic mass is 10.0. The molecule has 1 atom stereocenters. The second-order valence-electron chi connectivity index (χ2n) is 5.68. The number of aromatic nitrogens is 1. The largest absolute Gasteiger partial charge is 0.384 e. The normalized spacial score (nSPS) is 12.7. The van der Waals surface area contributed by atoms with Crippen LogP contribution in [0.3, 0.4) is 0 Å². The molecule has 4 nitrogen and oxygen atoms in total. The topological polar surface area (TPSA) is 73.1 Å². The maximum absolute atomic E-state index is 14.4. The standard InChI is InChI=1S/C18H12ClF3N2O2S/c19-10-1-4-12(5-2-10)27(25,26)18(13-7-11(20)3-6-15(13)21)14-8-17(23)24-9-16(14)22/h1-9,18H,(H2,23,24). The quantitative estimate of drug-likeness (QED) is 0.693. The number of rotatable bonds is 4. The van der Waals surface area contributed by atoms with Gasteiger partial charge >= 0.3 is 0 Å². The van der Waals surface area contributed by atoms with Crippen LogP contribution >= 0.6 is 11.6 Å². The van der Waals surface area contributed by atoms with Gasteiger partial charge in [-0.2, -0.15) is 0 Å². The number of hydrogen-bond donors (Lipinski definition) is 1. The highest BCUT2D eigenvalue weighted by atomic mass is 35.5. The molecule has 0 aliphatic carbocycles. The number of benzene rings is 2. The molecule has 0 saturated heterocycles. The third kappa shape index (κ3) is 3.77. The molecule has 0 radical (unpaired) electrons. The monoisotopic (exact) mass is 412 g/mol. The smallest absolute Gasteiger partial charge is 0.189 e. The molecule has 0 spiro atoms. The van der Waals surface area contributed by atoms with E-state index in [9.17, 15) is 21.6 Å².